The number of hydrogen-bond donors (Lipinski definition) is 14. The summed E-state index contributed by atoms with van der Waals surface area (Å²) in [5.74, 6) is -5.95. The average molecular weight is 897 g/mol. The fourth-order valence-electron chi connectivity index (χ4n) is 6.64. The van der Waals surface area contributed by atoms with Gasteiger partial charge in [0.05, 0.1) is 18.5 Å². The van der Waals surface area contributed by atoms with Gasteiger partial charge in [0, 0.05) is 13.8 Å². The van der Waals surface area contributed by atoms with E-state index < -0.39 is 166 Å². The third-order valence-corrected chi connectivity index (χ3v) is 9.90. The molecule has 20 atom stereocenters. The lowest BCUT2D eigenvalue weighted by Crippen LogP contribution is -2.71. The van der Waals surface area contributed by atoms with Crippen molar-refractivity contribution in [2.24, 2.45) is 0 Å². The number of carbonyl (C=O) groups is 5. The van der Waals surface area contributed by atoms with Crippen LogP contribution in [0.2, 0.25) is 0 Å². The molecule has 8 unspecified atom stereocenters. The minimum absolute atomic E-state index is 0.247. The van der Waals surface area contributed by atoms with Crippen molar-refractivity contribution in [3.8, 4) is 0 Å². The second-order valence-electron chi connectivity index (χ2n) is 13.4. The first-order valence-electron chi connectivity index (χ1n) is 17.2. The molecular weight excluding hydrogens is 850 g/mol. The molecule has 0 saturated carbocycles. The van der Waals surface area contributed by atoms with Gasteiger partial charge in [0.25, 0.3) is 0 Å². The maximum atomic E-state index is 12.6. The number of amides is 3. The van der Waals surface area contributed by atoms with Crippen molar-refractivity contribution in [1.29, 1.82) is 0 Å². The second kappa shape index (κ2) is 20.0. The summed E-state index contributed by atoms with van der Waals surface area (Å²) >= 11 is 2.94. The molecule has 326 valence electrons. The van der Waals surface area contributed by atoms with Gasteiger partial charge in [-0.3, -0.25) is 14.4 Å². The van der Waals surface area contributed by atoms with Crippen LogP contribution in [0.25, 0.3) is 0 Å². The van der Waals surface area contributed by atoms with E-state index in [9.17, 15) is 80.1 Å². The van der Waals surface area contributed by atoms with Crippen LogP contribution in [0.5, 0.6) is 0 Å². The normalized spacial score (nSPS) is 43.7. The van der Waals surface area contributed by atoms with E-state index in [-0.39, 0.29) is 5.33 Å². The van der Waals surface area contributed by atoms with E-state index in [0.29, 0.717) is 0 Å². The highest BCUT2D eigenvalue weighted by Crippen LogP contribution is 2.34. The third kappa shape index (κ3) is 10.5. The minimum atomic E-state index is -2.32. The smallest absolute Gasteiger partial charge is 0.335 e. The molecular formula is C30H46BrN3O23. The fraction of sp³-hybridized carbons (Fsp3) is 0.833. The summed E-state index contributed by atoms with van der Waals surface area (Å²) in [6, 6.07) is -3.29. The highest BCUT2D eigenvalue weighted by molar-refractivity contribution is 9.09. The zero-order valence-corrected chi connectivity index (χ0v) is 31.5. The minimum Gasteiger partial charge on any atom is -0.479 e. The summed E-state index contributed by atoms with van der Waals surface area (Å²) in [6.45, 7) is 0.135. The lowest BCUT2D eigenvalue weighted by atomic mass is 9.93. The number of carboxylic acid groups (broad SMARTS) is 2. The van der Waals surface area contributed by atoms with E-state index in [2.05, 4.69) is 31.9 Å². The number of alkyl halides is 1. The molecule has 4 rings (SSSR count). The quantitative estimate of drug-likeness (QED) is 0.0720. The summed E-state index contributed by atoms with van der Waals surface area (Å²) in [6.07, 6.45) is -36.3. The SMILES string of the molecule is CC(=O)N[C@H]1C(O[C@@H]2OC(C(=O)O)[C@@H](O)C(O)[C@@H]2O)[C@H](O)C(CO)O[C@H]1O[C@@H]1C(C(=O)O)O[C@@H](OC2[C@H](O)C(CO)O[C@@H](NC(=O)CBr)[C@H]2NC(C)=O)[C@@H](O)C1O. The van der Waals surface area contributed by atoms with E-state index in [1.807, 2.05) is 0 Å². The number of aliphatic hydroxyl groups excluding tert-OH is 9. The molecule has 4 saturated heterocycles. The molecule has 0 aromatic carbocycles. The van der Waals surface area contributed by atoms with E-state index in [1.54, 1.807) is 0 Å². The van der Waals surface area contributed by atoms with Gasteiger partial charge in [-0.1, -0.05) is 15.9 Å². The molecule has 0 spiro atoms. The summed E-state index contributed by atoms with van der Waals surface area (Å²) in [7, 11) is 0. The van der Waals surface area contributed by atoms with E-state index in [1.165, 1.54) is 0 Å². The number of rotatable bonds is 14. The van der Waals surface area contributed by atoms with Gasteiger partial charge in [-0.05, 0) is 0 Å². The Hall–Kier alpha value is -2.81. The Balaban J connectivity index is 1.63. The number of aliphatic carboxylic acids is 2. The van der Waals surface area contributed by atoms with E-state index in [0.717, 1.165) is 13.8 Å². The van der Waals surface area contributed by atoms with Crippen molar-refractivity contribution in [3.05, 3.63) is 0 Å². The topological polar surface area (TPSA) is 409 Å². The van der Waals surface area contributed by atoms with Gasteiger partial charge < -0.3 is 105 Å². The Morgan fingerprint density at radius 3 is 1.49 bits per heavy atom. The number of halogens is 1. The Kier molecular flexibility index (Phi) is 16.4. The summed E-state index contributed by atoms with van der Waals surface area (Å²) < 4.78 is 38.9. The third-order valence-electron chi connectivity index (χ3n) is 9.39. The number of hydrogen-bond acceptors (Lipinski definition) is 21. The van der Waals surface area contributed by atoms with Crippen molar-refractivity contribution in [3.63, 3.8) is 0 Å². The molecule has 4 aliphatic heterocycles. The highest BCUT2D eigenvalue weighted by Gasteiger charge is 2.57. The van der Waals surface area contributed by atoms with Gasteiger partial charge in [-0.15, -0.1) is 0 Å². The predicted octanol–water partition coefficient (Wildman–Crippen LogP) is -8.76. The molecule has 27 heteroatoms. The molecule has 0 aromatic heterocycles. The standard InChI is InChI=1S/C30H46BrN3O23/c1-6(37)32-11-20(13(40)8(4-35)51-25(11)34-10(39)3-31)53-30-19(46)17(44)22(24(57-30)27(49)50)55-28-12(33-7(2)38)21(14(41)9(5-36)52-28)54-29-18(45)15(42)16(43)23(56-29)26(47)48/h8-9,11-25,28-30,35-36,40-46H,3-5H2,1-2H3,(H,32,37)(H,33,38)(H,34,39)(H,47,48)(H,49,50)/t8?,9?,11-,12-,13+,14+,15?,16-,17?,18-,19-,20?,21?,22-,23?,24?,25+,28-,29+,30+/m0/s1. The Morgan fingerprint density at radius 1 is 0.544 bits per heavy atom. The van der Waals surface area contributed by atoms with Crippen molar-refractivity contribution >= 4 is 45.6 Å². The van der Waals surface area contributed by atoms with Crippen molar-refractivity contribution in [2.45, 2.75) is 136 Å². The Morgan fingerprint density at radius 2 is 1.00 bits per heavy atom. The van der Waals surface area contributed by atoms with Gasteiger partial charge in [0.1, 0.15) is 85.3 Å². The maximum absolute atomic E-state index is 12.6. The van der Waals surface area contributed by atoms with Gasteiger partial charge in [0.2, 0.25) is 17.7 Å². The monoisotopic (exact) mass is 895 g/mol. The largest absolute Gasteiger partial charge is 0.479 e. The molecule has 0 radical (unpaired) electrons. The maximum Gasteiger partial charge on any atom is 0.335 e. The van der Waals surface area contributed by atoms with Crippen LogP contribution in [-0.4, -0.2) is 227 Å². The van der Waals surface area contributed by atoms with Gasteiger partial charge in [-0.2, -0.15) is 0 Å². The van der Waals surface area contributed by atoms with Gasteiger partial charge >= 0.3 is 11.9 Å². The first-order chi connectivity index (χ1) is 26.7. The van der Waals surface area contributed by atoms with Gasteiger partial charge in [0.15, 0.2) is 37.3 Å². The molecule has 4 aliphatic rings. The van der Waals surface area contributed by atoms with Crippen LogP contribution in [0.15, 0.2) is 0 Å². The van der Waals surface area contributed by atoms with Crippen LogP contribution in [0, 0.1) is 0 Å². The van der Waals surface area contributed by atoms with Crippen LogP contribution in [0.3, 0.4) is 0 Å². The molecule has 0 aromatic rings. The van der Waals surface area contributed by atoms with Crippen LogP contribution in [-0.2, 0) is 57.1 Å². The Labute approximate surface area is 329 Å². The lowest BCUT2D eigenvalue weighted by Gasteiger charge is -2.50. The van der Waals surface area contributed by atoms with Crippen LogP contribution >= 0.6 is 15.9 Å². The predicted molar refractivity (Wildman–Crippen MR) is 178 cm³/mol. The average Bonchev–Trinajstić information content (AvgIpc) is 3.14. The van der Waals surface area contributed by atoms with Crippen molar-refractivity contribution in [2.75, 3.05) is 18.5 Å². The second-order valence-corrected chi connectivity index (χ2v) is 14.0. The Bertz CT molecular complexity index is 1430. The number of aliphatic hydroxyl groups is 9. The fourth-order valence-corrected chi connectivity index (χ4v) is 6.80. The number of ether oxygens (including phenoxy) is 7. The summed E-state index contributed by atoms with van der Waals surface area (Å²) in [4.78, 5) is 61.0. The first-order valence-corrected chi connectivity index (χ1v) is 18.3. The number of nitrogens with one attached hydrogen (secondary N) is 3. The number of carboxylic acids is 2. The van der Waals surface area contributed by atoms with Crippen LogP contribution < -0.4 is 16.0 Å². The molecule has 4 heterocycles. The molecule has 4 fully saturated rings. The molecule has 57 heavy (non-hydrogen) atoms. The zero-order chi connectivity index (χ0) is 42.6. The van der Waals surface area contributed by atoms with Gasteiger partial charge in [-0.25, -0.2) is 9.59 Å². The molecule has 0 aliphatic carbocycles. The highest BCUT2D eigenvalue weighted by atomic mass is 79.9. The van der Waals surface area contributed by atoms with E-state index >= 15 is 0 Å². The molecule has 14 N–H and O–H groups in total. The molecule has 26 nitrogen and oxygen atoms in total. The molecule has 0 bridgehead atoms. The summed E-state index contributed by atoms with van der Waals surface area (Å²) in [5.41, 5.74) is 0. The zero-order valence-electron chi connectivity index (χ0n) is 29.9. The first kappa shape index (κ1) is 46.9. The summed E-state index contributed by atoms with van der Waals surface area (Å²) in [5, 5.41) is 122. The number of carbonyl (C=O) groups excluding carboxylic acids is 3. The van der Waals surface area contributed by atoms with Crippen molar-refractivity contribution < 1.29 is 113 Å². The van der Waals surface area contributed by atoms with E-state index in [4.69, 9.17) is 33.2 Å². The molecule has 3 amide bonds. The van der Waals surface area contributed by atoms with Crippen LogP contribution in [0.4, 0.5) is 0 Å². The van der Waals surface area contributed by atoms with Crippen LogP contribution in [0.1, 0.15) is 13.8 Å². The lowest BCUT2D eigenvalue weighted by molar-refractivity contribution is -0.366. The van der Waals surface area contributed by atoms with Crippen molar-refractivity contribution in [1.82, 2.24) is 16.0 Å².